The average Bonchev–Trinajstić information content (AvgIpc) is 3.32. The van der Waals surface area contributed by atoms with E-state index in [1.165, 1.54) is 12.7 Å². The minimum Gasteiger partial charge on any atom is -0.479 e. The van der Waals surface area contributed by atoms with Gasteiger partial charge in [0.15, 0.2) is 0 Å². The first-order valence-electron chi connectivity index (χ1n) is 7.94. The monoisotopic (exact) mass is 357 g/mol. The molecule has 25 heavy (non-hydrogen) atoms. The molecule has 3 rings (SSSR count). The number of carbonyl (C=O) groups is 1. The highest BCUT2D eigenvalue weighted by Crippen LogP contribution is 2.20. The highest BCUT2D eigenvalue weighted by molar-refractivity contribution is 7.07. The van der Waals surface area contributed by atoms with E-state index in [2.05, 4.69) is 26.9 Å². The molecule has 0 spiro atoms. The summed E-state index contributed by atoms with van der Waals surface area (Å²) >= 11 is 1.65. The van der Waals surface area contributed by atoms with Crippen molar-refractivity contribution in [2.75, 3.05) is 7.11 Å². The molecule has 0 saturated carbocycles. The minimum absolute atomic E-state index is 0.0422. The summed E-state index contributed by atoms with van der Waals surface area (Å²) in [7, 11) is 1.53. The van der Waals surface area contributed by atoms with Gasteiger partial charge in [0, 0.05) is 31.3 Å². The summed E-state index contributed by atoms with van der Waals surface area (Å²) in [6.07, 6.45) is 5.04. The van der Waals surface area contributed by atoms with Crippen molar-refractivity contribution in [3.05, 3.63) is 64.3 Å². The molecule has 1 N–H and O–H groups in total. The normalized spacial score (nSPS) is 11.9. The first kappa shape index (κ1) is 17.2. The topological polar surface area (TPSA) is 77.2 Å². The smallest absolute Gasteiger partial charge is 0.254 e. The first-order chi connectivity index (χ1) is 12.2. The van der Waals surface area contributed by atoms with E-state index in [0.717, 1.165) is 12.0 Å². The number of ether oxygens (including phenoxy) is 1. The van der Waals surface area contributed by atoms with Crippen molar-refractivity contribution in [3.8, 4) is 5.88 Å². The molecule has 3 aromatic rings. The minimum atomic E-state index is -0.111. The Labute approximate surface area is 149 Å². The van der Waals surface area contributed by atoms with Gasteiger partial charge in [-0.15, -0.1) is 0 Å². The lowest BCUT2D eigenvalue weighted by Crippen LogP contribution is -2.30. The fraction of sp³-hybridized carbons (Fsp3) is 0.278. The first-order valence-corrected chi connectivity index (χ1v) is 8.89. The van der Waals surface area contributed by atoms with Gasteiger partial charge in [-0.1, -0.05) is 6.07 Å². The number of rotatable bonds is 8. The highest BCUT2D eigenvalue weighted by atomic mass is 32.1. The summed E-state index contributed by atoms with van der Waals surface area (Å²) in [6, 6.07) is 7.51. The van der Waals surface area contributed by atoms with Gasteiger partial charge < -0.3 is 14.6 Å². The Balaban J connectivity index is 1.61. The Morgan fingerprint density at radius 3 is 3.04 bits per heavy atom. The molecule has 0 fully saturated rings. The number of aromatic nitrogens is 2. The molecular formula is C18H19N3O3S. The largest absolute Gasteiger partial charge is 0.479 e. The van der Waals surface area contributed by atoms with Gasteiger partial charge >= 0.3 is 0 Å². The second-order valence-corrected chi connectivity index (χ2v) is 6.36. The van der Waals surface area contributed by atoms with Crippen molar-refractivity contribution in [1.82, 2.24) is 15.5 Å². The number of hydrogen-bond donors (Lipinski definition) is 1. The van der Waals surface area contributed by atoms with Crippen molar-refractivity contribution >= 4 is 17.2 Å². The van der Waals surface area contributed by atoms with Crippen LogP contribution in [0.3, 0.4) is 0 Å². The van der Waals surface area contributed by atoms with Crippen LogP contribution in [-0.4, -0.2) is 23.2 Å². The maximum atomic E-state index is 12.4. The van der Waals surface area contributed by atoms with E-state index in [1.807, 2.05) is 17.5 Å². The van der Waals surface area contributed by atoms with Crippen LogP contribution < -0.4 is 10.1 Å². The molecule has 7 heteroatoms. The van der Waals surface area contributed by atoms with Gasteiger partial charge in [-0.2, -0.15) is 11.3 Å². The second-order valence-electron chi connectivity index (χ2n) is 5.58. The van der Waals surface area contributed by atoms with Crippen LogP contribution in [-0.2, 0) is 17.6 Å². The van der Waals surface area contributed by atoms with E-state index in [1.54, 1.807) is 29.8 Å². The van der Waals surface area contributed by atoms with Crippen LogP contribution in [0.4, 0.5) is 0 Å². The highest BCUT2D eigenvalue weighted by Gasteiger charge is 2.16. The van der Waals surface area contributed by atoms with Crippen LogP contribution in [0.5, 0.6) is 5.88 Å². The lowest BCUT2D eigenvalue weighted by atomic mass is 10.0. The van der Waals surface area contributed by atoms with Crippen LogP contribution in [0, 0.1) is 0 Å². The lowest BCUT2D eigenvalue weighted by molar-refractivity contribution is -0.121. The Morgan fingerprint density at radius 2 is 2.36 bits per heavy atom. The van der Waals surface area contributed by atoms with Crippen molar-refractivity contribution < 1.29 is 14.1 Å². The zero-order chi connectivity index (χ0) is 17.5. The van der Waals surface area contributed by atoms with Crippen molar-refractivity contribution in [1.29, 1.82) is 0 Å². The summed E-state index contributed by atoms with van der Waals surface area (Å²) in [5.74, 6) is 1.00. The molecule has 0 aliphatic heterocycles. The Hall–Kier alpha value is -2.67. The van der Waals surface area contributed by atoms with Gasteiger partial charge in [0.2, 0.25) is 5.91 Å². The molecule has 130 valence electrons. The molecule has 0 radical (unpaired) electrons. The number of thiophene rings is 1. The van der Waals surface area contributed by atoms with Gasteiger partial charge in [0.25, 0.3) is 5.88 Å². The Morgan fingerprint density at radius 1 is 1.44 bits per heavy atom. The molecule has 0 bridgehead atoms. The van der Waals surface area contributed by atoms with Crippen LogP contribution >= 0.6 is 11.3 Å². The summed E-state index contributed by atoms with van der Waals surface area (Å²) in [6.45, 7) is 0. The molecule has 1 atom stereocenters. The van der Waals surface area contributed by atoms with Crippen LogP contribution in [0.1, 0.15) is 29.3 Å². The SMILES string of the molecule is COc1cc(CCC(=O)N[C@@H](Cc2ccsc2)c2cccnc2)on1. The van der Waals surface area contributed by atoms with Crippen molar-refractivity contribution in [2.24, 2.45) is 0 Å². The van der Waals surface area contributed by atoms with E-state index in [9.17, 15) is 4.79 Å². The maximum absolute atomic E-state index is 12.4. The maximum Gasteiger partial charge on any atom is 0.254 e. The lowest BCUT2D eigenvalue weighted by Gasteiger charge is -2.18. The molecule has 1 amide bonds. The third-order valence-corrected chi connectivity index (χ3v) is 4.52. The predicted octanol–water partition coefficient (Wildman–Crippen LogP) is 3.17. The summed E-state index contributed by atoms with van der Waals surface area (Å²) < 4.78 is 10.1. The number of amides is 1. The van der Waals surface area contributed by atoms with Crippen molar-refractivity contribution in [3.63, 3.8) is 0 Å². The molecule has 0 aliphatic carbocycles. The molecule has 0 aliphatic rings. The average molecular weight is 357 g/mol. The molecule has 6 nitrogen and oxygen atoms in total. The quantitative estimate of drug-likeness (QED) is 0.670. The Bertz CT molecular complexity index is 787. The fourth-order valence-corrected chi connectivity index (χ4v) is 3.17. The second kappa shape index (κ2) is 8.43. The van der Waals surface area contributed by atoms with E-state index < -0.39 is 0 Å². The van der Waals surface area contributed by atoms with E-state index >= 15 is 0 Å². The third kappa shape index (κ3) is 4.90. The number of nitrogens with one attached hydrogen (secondary N) is 1. The van der Waals surface area contributed by atoms with Crippen LogP contribution in [0.15, 0.2) is 51.9 Å². The van der Waals surface area contributed by atoms with Crippen LogP contribution in [0.2, 0.25) is 0 Å². The summed E-state index contributed by atoms with van der Waals surface area (Å²) in [4.78, 5) is 16.5. The third-order valence-electron chi connectivity index (χ3n) is 3.79. The molecule has 0 aromatic carbocycles. The van der Waals surface area contributed by atoms with Crippen LogP contribution in [0.25, 0.3) is 0 Å². The van der Waals surface area contributed by atoms with Gasteiger partial charge in [-0.25, -0.2) is 0 Å². The molecule has 3 aromatic heterocycles. The zero-order valence-electron chi connectivity index (χ0n) is 13.8. The summed E-state index contributed by atoms with van der Waals surface area (Å²) in [5, 5.41) is 11.0. The predicted molar refractivity (Wildman–Crippen MR) is 94.5 cm³/mol. The van der Waals surface area contributed by atoms with Crippen molar-refractivity contribution in [2.45, 2.75) is 25.3 Å². The fourth-order valence-electron chi connectivity index (χ4n) is 2.49. The number of pyridine rings is 1. The van der Waals surface area contributed by atoms with Gasteiger partial charge in [0.1, 0.15) is 5.76 Å². The number of hydrogen-bond acceptors (Lipinski definition) is 6. The molecule has 0 unspecified atom stereocenters. The number of carbonyl (C=O) groups excluding carboxylic acids is 1. The number of aryl methyl sites for hydroxylation is 1. The van der Waals surface area contributed by atoms with Gasteiger partial charge in [-0.3, -0.25) is 9.78 Å². The van der Waals surface area contributed by atoms with E-state index in [0.29, 0.717) is 24.5 Å². The summed E-state index contributed by atoms with van der Waals surface area (Å²) in [5.41, 5.74) is 2.18. The molecule has 0 saturated heterocycles. The number of methoxy groups -OCH3 is 1. The number of nitrogens with zero attached hydrogens (tertiary/aromatic N) is 2. The molecule has 3 heterocycles. The van der Waals surface area contributed by atoms with Gasteiger partial charge in [0.05, 0.1) is 13.2 Å². The zero-order valence-corrected chi connectivity index (χ0v) is 14.7. The standard InChI is InChI=1S/C18H19N3O3S/c1-23-18-10-15(24-21-18)4-5-17(22)20-16(9-13-6-8-25-12-13)14-3-2-7-19-11-14/h2-3,6-8,10-12,16H,4-5,9H2,1H3,(H,20,22)/t16-/m0/s1. The molecular weight excluding hydrogens is 338 g/mol. The Kier molecular flexibility index (Phi) is 5.79. The van der Waals surface area contributed by atoms with E-state index in [-0.39, 0.29) is 11.9 Å². The van der Waals surface area contributed by atoms with Gasteiger partial charge in [-0.05, 0) is 45.6 Å². The van der Waals surface area contributed by atoms with E-state index in [4.69, 9.17) is 9.26 Å².